The molecule has 2 rings (SSSR count). The number of ether oxygens (including phenoxy) is 1. The third kappa shape index (κ3) is 4.53. The van der Waals surface area contributed by atoms with E-state index in [4.69, 9.17) is 16.3 Å². The van der Waals surface area contributed by atoms with Gasteiger partial charge in [0.2, 0.25) is 0 Å². The zero-order chi connectivity index (χ0) is 19.0. The van der Waals surface area contributed by atoms with Crippen molar-refractivity contribution >= 4 is 23.6 Å². The van der Waals surface area contributed by atoms with Gasteiger partial charge in [0.1, 0.15) is 5.60 Å². The van der Waals surface area contributed by atoms with Gasteiger partial charge in [0.05, 0.1) is 21.7 Å². The van der Waals surface area contributed by atoms with E-state index in [1.165, 1.54) is 0 Å². The summed E-state index contributed by atoms with van der Waals surface area (Å²) >= 11 is 5.90. The van der Waals surface area contributed by atoms with Crippen molar-refractivity contribution in [2.24, 2.45) is 0 Å². The van der Waals surface area contributed by atoms with Crippen molar-refractivity contribution in [1.82, 2.24) is 15.8 Å². The zero-order valence-electron chi connectivity index (χ0n) is 13.8. The van der Waals surface area contributed by atoms with Crippen molar-refractivity contribution in [1.29, 1.82) is 0 Å². The Hall–Kier alpha value is -2.03. The van der Waals surface area contributed by atoms with Crippen LogP contribution in [-0.2, 0) is 21.1 Å². The van der Waals surface area contributed by atoms with Crippen molar-refractivity contribution in [3.63, 3.8) is 0 Å². The van der Waals surface area contributed by atoms with Crippen LogP contribution in [0.5, 0.6) is 0 Å². The van der Waals surface area contributed by atoms with Crippen LogP contribution >= 0.6 is 11.6 Å². The summed E-state index contributed by atoms with van der Waals surface area (Å²) in [4.78, 5) is 27.6. The molecule has 1 aliphatic rings. The van der Waals surface area contributed by atoms with Gasteiger partial charge in [0.15, 0.2) is 0 Å². The van der Waals surface area contributed by atoms with E-state index in [0.717, 1.165) is 6.07 Å². The molecular weight excluding hydrogens is 363 g/mol. The minimum Gasteiger partial charge on any atom is -0.443 e. The fourth-order valence-electron chi connectivity index (χ4n) is 2.17. The first-order valence-corrected chi connectivity index (χ1v) is 7.76. The molecule has 0 atom stereocenters. The number of alkyl halides is 3. The molecule has 0 aliphatic heterocycles. The molecule has 6 nitrogen and oxygen atoms in total. The quantitative estimate of drug-likeness (QED) is 0.772. The molecule has 1 saturated carbocycles. The number of pyridine rings is 1. The van der Waals surface area contributed by atoms with Gasteiger partial charge in [0, 0.05) is 6.20 Å². The Morgan fingerprint density at radius 3 is 2.28 bits per heavy atom. The van der Waals surface area contributed by atoms with Crippen molar-refractivity contribution in [2.75, 3.05) is 0 Å². The highest BCUT2D eigenvalue weighted by Crippen LogP contribution is 2.50. The Morgan fingerprint density at radius 2 is 1.84 bits per heavy atom. The van der Waals surface area contributed by atoms with E-state index in [1.807, 2.05) is 0 Å². The van der Waals surface area contributed by atoms with Crippen molar-refractivity contribution in [3.05, 3.63) is 28.5 Å². The molecule has 0 radical (unpaired) electrons. The summed E-state index contributed by atoms with van der Waals surface area (Å²) in [7, 11) is 0. The third-order valence-corrected chi connectivity index (χ3v) is 3.77. The summed E-state index contributed by atoms with van der Waals surface area (Å²) in [5.41, 5.74) is 1.44. The summed E-state index contributed by atoms with van der Waals surface area (Å²) in [6.07, 6.45) is -4.09. The molecule has 1 aromatic rings. The first kappa shape index (κ1) is 19.3. The number of hydrogen-bond donors (Lipinski definition) is 2. The predicted octanol–water partition coefficient (Wildman–Crippen LogP) is 3.34. The highest BCUT2D eigenvalue weighted by molar-refractivity contribution is 6.31. The standard InChI is InChI=1S/C15H17ClF3N3O3/c1-13(2,3)25-12(24)22-21-11(23)14(4-5-14)10-9(16)6-8(7-20-10)15(17,18)19/h6-7H,4-5H2,1-3H3,(H,21,23)(H,22,24). The minimum absolute atomic E-state index is 0.0469. The maximum absolute atomic E-state index is 12.7. The van der Waals surface area contributed by atoms with Crippen LogP contribution in [0.4, 0.5) is 18.0 Å². The first-order chi connectivity index (χ1) is 11.3. The molecule has 1 aromatic heterocycles. The van der Waals surface area contributed by atoms with E-state index in [0.29, 0.717) is 19.0 Å². The highest BCUT2D eigenvalue weighted by atomic mass is 35.5. The van der Waals surface area contributed by atoms with E-state index in [9.17, 15) is 22.8 Å². The van der Waals surface area contributed by atoms with Gasteiger partial charge >= 0.3 is 12.3 Å². The van der Waals surface area contributed by atoms with E-state index in [1.54, 1.807) is 20.8 Å². The fourth-order valence-corrected chi connectivity index (χ4v) is 2.52. The first-order valence-electron chi connectivity index (χ1n) is 7.38. The lowest BCUT2D eigenvalue weighted by molar-refractivity contribution is -0.137. The predicted molar refractivity (Wildman–Crippen MR) is 82.7 cm³/mol. The van der Waals surface area contributed by atoms with Crippen LogP contribution in [0.2, 0.25) is 5.02 Å². The molecule has 0 saturated heterocycles. The number of rotatable bonds is 2. The maximum Gasteiger partial charge on any atom is 0.426 e. The second-order valence-electron chi connectivity index (χ2n) is 6.72. The highest BCUT2D eigenvalue weighted by Gasteiger charge is 2.54. The summed E-state index contributed by atoms with van der Waals surface area (Å²) in [5.74, 6) is -0.618. The molecule has 2 N–H and O–H groups in total. The van der Waals surface area contributed by atoms with Crippen LogP contribution in [0.25, 0.3) is 0 Å². The number of carbonyl (C=O) groups excluding carboxylic acids is 2. The van der Waals surface area contributed by atoms with E-state index < -0.39 is 34.8 Å². The number of nitrogens with one attached hydrogen (secondary N) is 2. The van der Waals surface area contributed by atoms with E-state index in [-0.39, 0.29) is 10.7 Å². The van der Waals surface area contributed by atoms with Gasteiger partial charge in [-0.05, 0) is 39.7 Å². The normalized spacial score (nSPS) is 16.1. The van der Waals surface area contributed by atoms with Gasteiger partial charge in [-0.3, -0.25) is 15.2 Å². The van der Waals surface area contributed by atoms with E-state index >= 15 is 0 Å². The molecule has 138 valence electrons. The summed E-state index contributed by atoms with van der Waals surface area (Å²) in [6, 6.07) is 0.735. The zero-order valence-corrected chi connectivity index (χ0v) is 14.5. The SMILES string of the molecule is CC(C)(C)OC(=O)NNC(=O)C1(c2ncc(C(F)(F)F)cc2Cl)CC1. The topological polar surface area (TPSA) is 80.3 Å². The number of nitrogens with zero attached hydrogens (tertiary/aromatic N) is 1. The van der Waals surface area contributed by atoms with Crippen LogP contribution in [-0.4, -0.2) is 22.6 Å². The minimum atomic E-state index is -4.58. The summed E-state index contributed by atoms with van der Waals surface area (Å²) in [5, 5.41) is -0.250. The Bertz CT molecular complexity index is 697. The molecule has 1 aliphatic carbocycles. The lowest BCUT2D eigenvalue weighted by Crippen LogP contribution is -2.48. The second kappa shape index (κ2) is 6.36. The molecule has 0 aromatic carbocycles. The number of carbonyl (C=O) groups is 2. The maximum atomic E-state index is 12.7. The number of halogens is 4. The summed E-state index contributed by atoms with van der Waals surface area (Å²) < 4.78 is 43.0. The fraction of sp³-hybridized carbons (Fsp3) is 0.533. The van der Waals surface area contributed by atoms with Crippen molar-refractivity contribution in [2.45, 2.75) is 50.8 Å². The molecule has 0 bridgehead atoms. The molecule has 1 heterocycles. The number of amides is 2. The monoisotopic (exact) mass is 379 g/mol. The number of hydrazine groups is 1. The molecule has 25 heavy (non-hydrogen) atoms. The molecule has 1 fully saturated rings. The van der Waals surface area contributed by atoms with Crippen LogP contribution in [0.15, 0.2) is 12.3 Å². The van der Waals surface area contributed by atoms with Gasteiger partial charge in [0.25, 0.3) is 5.91 Å². The van der Waals surface area contributed by atoms with Crippen LogP contribution < -0.4 is 10.9 Å². The molecule has 10 heteroatoms. The smallest absolute Gasteiger partial charge is 0.426 e. The Morgan fingerprint density at radius 1 is 1.24 bits per heavy atom. The molecule has 0 spiro atoms. The number of hydrogen-bond acceptors (Lipinski definition) is 4. The van der Waals surface area contributed by atoms with Gasteiger partial charge in [-0.15, -0.1) is 0 Å². The van der Waals surface area contributed by atoms with Crippen LogP contribution in [0.3, 0.4) is 0 Å². The van der Waals surface area contributed by atoms with Crippen molar-refractivity contribution < 1.29 is 27.5 Å². The van der Waals surface area contributed by atoms with Crippen molar-refractivity contribution in [3.8, 4) is 0 Å². The van der Waals surface area contributed by atoms with Gasteiger partial charge in [-0.1, -0.05) is 11.6 Å². The summed E-state index contributed by atoms with van der Waals surface area (Å²) in [6.45, 7) is 4.97. The van der Waals surface area contributed by atoms with E-state index in [2.05, 4.69) is 15.8 Å². The molecule has 0 unspecified atom stereocenters. The average molecular weight is 380 g/mol. The van der Waals surface area contributed by atoms with Gasteiger partial charge in [-0.2, -0.15) is 13.2 Å². The Labute approximate surface area is 147 Å². The lowest BCUT2D eigenvalue weighted by atomic mass is 10.00. The third-order valence-electron chi connectivity index (χ3n) is 3.48. The Balaban J connectivity index is 2.09. The second-order valence-corrected chi connectivity index (χ2v) is 7.12. The number of aromatic nitrogens is 1. The molecule has 2 amide bonds. The Kier molecular flexibility index (Phi) is 4.91. The average Bonchev–Trinajstić information content (AvgIpc) is 3.23. The molecular formula is C15H17ClF3N3O3. The lowest BCUT2D eigenvalue weighted by Gasteiger charge is -2.21. The van der Waals surface area contributed by atoms with Crippen LogP contribution in [0.1, 0.15) is 44.9 Å². The largest absolute Gasteiger partial charge is 0.443 e. The van der Waals surface area contributed by atoms with Gasteiger partial charge in [-0.25, -0.2) is 10.2 Å². The van der Waals surface area contributed by atoms with Crippen LogP contribution in [0, 0.1) is 0 Å². The van der Waals surface area contributed by atoms with Gasteiger partial charge < -0.3 is 4.74 Å².